The summed E-state index contributed by atoms with van der Waals surface area (Å²) in [6.07, 6.45) is 1.89. The number of ether oxygens (including phenoxy) is 2. The van der Waals surface area contributed by atoms with Gasteiger partial charge in [-0.25, -0.2) is 0 Å². The minimum Gasteiger partial charge on any atom is -0.493 e. The van der Waals surface area contributed by atoms with Crippen LogP contribution in [0.5, 0.6) is 11.5 Å². The number of methoxy groups -OCH3 is 1. The number of hydrogen-bond acceptors (Lipinski definition) is 5. The van der Waals surface area contributed by atoms with Gasteiger partial charge >= 0.3 is 0 Å². The van der Waals surface area contributed by atoms with Gasteiger partial charge in [0.2, 0.25) is 0 Å². The van der Waals surface area contributed by atoms with Crippen LogP contribution >= 0.6 is 24.0 Å². The molecule has 0 radical (unpaired) electrons. The minimum absolute atomic E-state index is 0. The van der Waals surface area contributed by atoms with Crippen LogP contribution in [0.1, 0.15) is 24.6 Å². The van der Waals surface area contributed by atoms with Crippen molar-refractivity contribution in [2.45, 2.75) is 26.3 Å². The predicted molar refractivity (Wildman–Crippen MR) is 138 cm³/mol. The van der Waals surface area contributed by atoms with Crippen molar-refractivity contribution in [2.24, 2.45) is 4.99 Å². The Morgan fingerprint density at radius 2 is 1.88 bits per heavy atom. The highest BCUT2D eigenvalue weighted by molar-refractivity contribution is 14.0. The van der Waals surface area contributed by atoms with Gasteiger partial charge in [-0.05, 0) is 37.5 Å². The predicted octanol–water partition coefficient (Wildman–Crippen LogP) is 4.66. The van der Waals surface area contributed by atoms with Gasteiger partial charge in [-0.1, -0.05) is 41.6 Å². The number of halogens is 1. The SMILES string of the molecule is CCOc1cc(CCCNC(=NC)NCc2cc(-c3ccccc3)on2)ccc1OC.I. The van der Waals surface area contributed by atoms with Crippen LogP contribution in [0, 0.1) is 0 Å². The van der Waals surface area contributed by atoms with Gasteiger partial charge in [-0.15, -0.1) is 24.0 Å². The highest BCUT2D eigenvalue weighted by Gasteiger charge is 2.08. The molecule has 3 aromatic rings. The zero-order chi connectivity index (χ0) is 21.9. The van der Waals surface area contributed by atoms with Gasteiger partial charge in [0.25, 0.3) is 0 Å². The van der Waals surface area contributed by atoms with E-state index in [2.05, 4.69) is 26.8 Å². The number of hydrogen-bond donors (Lipinski definition) is 2. The topological polar surface area (TPSA) is 80.9 Å². The van der Waals surface area contributed by atoms with E-state index in [4.69, 9.17) is 14.0 Å². The largest absolute Gasteiger partial charge is 0.493 e. The molecular weight excluding hydrogens is 519 g/mol. The molecule has 1 aromatic heterocycles. The monoisotopic (exact) mass is 550 g/mol. The van der Waals surface area contributed by atoms with E-state index in [9.17, 15) is 0 Å². The van der Waals surface area contributed by atoms with Crippen molar-refractivity contribution >= 4 is 29.9 Å². The molecule has 0 amide bonds. The number of nitrogens with zero attached hydrogens (tertiary/aromatic N) is 2. The molecule has 32 heavy (non-hydrogen) atoms. The van der Waals surface area contributed by atoms with Crippen LogP contribution in [0.15, 0.2) is 64.1 Å². The molecule has 2 N–H and O–H groups in total. The molecule has 1 heterocycles. The Kier molecular flexibility index (Phi) is 10.9. The standard InChI is InChI=1S/C24H30N4O3.HI/c1-4-30-23-15-18(12-13-21(23)29-3)9-8-14-26-24(25-2)27-17-20-16-22(31-28-20)19-10-6-5-7-11-19;/h5-7,10-13,15-16H,4,8-9,14,17H2,1-3H3,(H2,25,26,27);1H. The first kappa shape index (κ1) is 25.5. The number of nitrogens with one attached hydrogen (secondary N) is 2. The van der Waals surface area contributed by atoms with E-state index in [1.54, 1.807) is 14.2 Å². The second-order valence-corrected chi connectivity index (χ2v) is 6.92. The molecule has 7 nitrogen and oxygen atoms in total. The summed E-state index contributed by atoms with van der Waals surface area (Å²) >= 11 is 0. The Bertz CT molecular complexity index is 976. The van der Waals surface area contributed by atoms with Crippen LogP contribution in [-0.2, 0) is 13.0 Å². The summed E-state index contributed by atoms with van der Waals surface area (Å²) < 4.78 is 16.4. The lowest BCUT2D eigenvalue weighted by molar-refractivity contribution is 0.310. The molecule has 0 saturated carbocycles. The lowest BCUT2D eigenvalue weighted by atomic mass is 10.1. The van der Waals surface area contributed by atoms with E-state index >= 15 is 0 Å². The average molecular weight is 550 g/mol. The fourth-order valence-electron chi connectivity index (χ4n) is 3.17. The van der Waals surface area contributed by atoms with Gasteiger partial charge in [0, 0.05) is 25.2 Å². The van der Waals surface area contributed by atoms with Gasteiger partial charge < -0.3 is 24.6 Å². The molecule has 3 rings (SSSR count). The Morgan fingerprint density at radius 3 is 2.59 bits per heavy atom. The van der Waals surface area contributed by atoms with Gasteiger partial charge in [0.05, 0.1) is 20.3 Å². The summed E-state index contributed by atoms with van der Waals surface area (Å²) in [6, 6.07) is 17.9. The molecule has 0 aliphatic rings. The molecule has 0 atom stereocenters. The molecule has 8 heteroatoms. The van der Waals surface area contributed by atoms with Gasteiger partial charge in [0.15, 0.2) is 23.2 Å². The Hall–Kier alpha value is -2.75. The molecule has 0 unspecified atom stereocenters. The number of benzene rings is 2. The zero-order valence-corrected chi connectivity index (χ0v) is 21.1. The molecule has 2 aromatic carbocycles. The van der Waals surface area contributed by atoms with Crippen molar-refractivity contribution in [3.8, 4) is 22.8 Å². The van der Waals surface area contributed by atoms with Crippen LogP contribution in [-0.4, -0.2) is 38.4 Å². The van der Waals surface area contributed by atoms with E-state index in [-0.39, 0.29) is 24.0 Å². The van der Waals surface area contributed by atoms with E-state index in [1.807, 2.05) is 55.5 Å². The van der Waals surface area contributed by atoms with Crippen LogP contribution in [0.2, 0.25) is 0 Å². The Morgan fingerprint density at radius 1 is 1.06 bits per heavy atom. The molecule has 172 valence electrons. The number of aryl methyl sites for hydroxylation is 1. The average Bonchev–Trinajstić information content (AvgIpc) is 3.29. The van der Waals surface area contributed by atoms with E-state index in [0.717, 1.165) is 53.9 Å². The number of aromatic nitrogens is 1. The summed E-state index contributed by atoms with van der Waals surface area (Å²) in [5.41, 5.74) is 3.04. The lowest BCUT2D eigenvalue weighted by Gasteiger charge is -2.12. The quantitative estimate of drug-likeness (QED) is 0.165. The maximum absolute atomic E-state index is 5.65. The third kappa shape index (κ3) is 7.44. The summed E-state index contributed by atoms with van der Waals surface area (Å²) in [5, 5.41) is 10.7. The third-order valence-electron chi connectivity index (χ3n) is 4.74. The van der Waals surface area contributed by atoms with E-state index in [0.29, 0.717) is 13.2 Å². The Balaban J connectivity index is 0.00000363. The van der Waals surface area contributed by atoms with Crippen molar-refractivity contribution in [2.75, 3.05) is 27.3 Å². The summed E-state index contributed by atoms with van der Waals surface area (Å²) in [6.45, 7) is 3.91. The van der Waals surface area contributed by atoms with Crippen molar-refractivity contribution in [1.29, 1.82) is 0 Å². The molecule has 0 fully saturated rings. The van der Waals surface area contributed by atoms with Crippen molar-refractivity contribution < 1.29 is 14.0 Å². The van der Waals surface area contributed by atoms with Crippen LogP contribution < -0.4 is 20.1 Å². The van der Waals surface area contributed by atoms with Gasteiger partial charge in [0.1, 0.15) is 5.69 Å². The number of rotatable bonds is 10. The zero-order valence-electron chi connectivity index (χ0n) is 18.8. The lowest BCUT2D eigenvalue weighted by Crippen LogP contribution is -2.37. The van der Waals surface area contributed by atoms with Gasteiger partial charge in [-0.2, -0.15) is 0 Å². The van der Waals surface area contributed by atoms with Crippen LogP contribution in [0.4, 0.5) is 0 Å². The first-order valence-corrected chi connectivity index (χ1v) is 10.5. The first-order valence-electron chi connectivity index (χ1n) is 10.5. The van der Waals surface area contributed by atoms with Crippen molar-refractivity contribution in [3.05, 3.63) is 65.9 Å². The molecule has 0 aliphatic heterocycles. The van der Waals surface area contributed by atoms with Crippen molar-refractivity contribution in [3.63, 3.8) is 0 Å². The fraction of sp³-hybridized carbons (Fsp3) is 0.333. The highest BCUT2D eigenvalue weighted by atomic mass is 127. The highest BCUT2D eigenvalue weighted by Crippen LogP contribution is 2.28. The molecule has 0 aliphatic carbocycles. The molecule has 0 saturated heterocycles. The summed E-state index contributed by atoms with van der Waals surface area (Å²) in [5.74, 6) is 3.03. The summed E-state index contributed by atoms with van der Waals surface area (Å²) in [7, 11) is 3.41. The van der Waals surface area contributed by atoms with E-state index in [1.165, 1.54) is 5.56 Å². The second-order valence-electron chi connectivity index (χ2n) is 6.92. The first-order chi connectivity index (χ1) is 15.2. The van der Waals surface area contributed by atoms with Crippen molar-refractivity contribution in [1.82, 2.24) is 15.8 Å². The van der Waals surface area contributed by atoms with Gasteiger partial charge in [-0.3, -0.25) is 4.99 Å². The Labute approximate surface area is 206 Å². The number of guanidine groups is 1. The third-order valence-corrected chi connectivity index (χ3v) is 4.74. The maximum Gasteiger partial charge on any atom is 0.191 e. The minimum atomic E-state index is 0. The molecule has 0 spiro atoms. The van der Waals surface area contributed by atoms with Crippen LogP contribution in [0.25, 0.3) is 11.3 Å². The fourth-order valence-corrected chi connectivity index (χ4v) is 3.17. The smallest absolute Gasteiger partial charge is 0.191 e. The van der Waals surface area contributed by atoms with E-state index < -0.39 is 0 Å². The summed E-state index contributed by atoms with van der Waals surface area (Å²) in [4.78, 5) is 4.27. The molecule has 0 bridgehead atoms. The molecular formula is C24H31IN4O3. The van der Waals surface area contributed by atoms with Crippen LogP contribution in [0.3, 0.4) is 0 Å². The second kappa shape index (κ2) is 13.6. The number of aliphatic imine (C=N–C) groups is 1. The normalized spacial score (nSPS) is 10.9. The maximum atomic E-state index is 5.65.